The summed E-state index contributed by atoms with van der Waals surface area (Å²) < 4.78 is 10.5. The number of fused-ring (bicyclic) bond motifs is 1. The summed E-state index contributed by atoms with van der Waals surface area (Å²) >= 11 is 0. The van der Waals surface area contributed by atoms with Crippen molar-refractivity contribution >= 4 is 18.0 Å². The van der Waals surface area contributed by atoms with Crippen LogP contribution in [0.2, 0.25) is 0 Å². The Kier molecular flexibility index (Phi) is 4.99. The number of allylic oxidation sites excluding steroid dienone is 2. The molecular formula is C18H19NO5. The summed E-state index contributed by atoms with van der Waals surface area (Å²) in [6, 6.07) is -0.704. The average Bonchev–Trinajstić information content (AvgIpc) is 2.43. The van der Waals surface area contributed by atoms with Crippen LogP contribution in [0.5, 0.6) is 0 Å². The van der Waals surface area contributed by atoms with Gasteiger partial charge in [0.25, 0.3) is 0 Å². The molecule has 2 rings (SSSR count). The zero-order chi connectivity index (χ0) is 17.9. The van der Waals surface area contributed by atoms with Crippen molar-refractivity contribution in [2.75, 3.05) is 0 Å². The number of amides is 2. The Bertz CT molecular complexity index is 708. The van der Waals surface area contributed by atoms with Gasteiger partial charge in [0.1, 0.15) is 11.6 Å². The van der Waals surface area contributed by atoms with Gasteiger partial charge in [-0.05, 0) is 32.9 Å². The normalized spacial score (nSPS) is 26.4. The van der Waals surface area contributed by atoms with Crippen LogP contribution in [0.1, 0.15) is 34.1 Å². The summed E-state index contributed by atoms with van der Waals surface area (Å²) in [6.45, 7) is 6.38. The molecule has 6 nitrogen and oxygen atoms in total. The number of hydrogen-bond donors (Lipinski definition) is 0. The molecule has 0 aromatic carbocycles. The van der Waals surface area contributed by atoms with E-state index in [4.69, 9.17) is 9.47 Å². The molecule has 6 heteroatoms. The van der Waals surface area contributed by atoms with E-state index in [0.717, 1.165) is 4.90 Å². The van der Waals surface area contributed by atoms with Gasteiger partial charge >= 0.3 is 12.1 Å². The third kappa shape index (κ3) is 3.97. The Morgan fingerprint density at radius 2 is 1.92 bits per heavy atom. The third-order valence-electron chi connectivity index (χ3n) is 3.36. The van der Waals surface area contributed by atoms with Crippen molar-refractivity contribution in [1.82, 2.24) is 4.90 Å². The maximum Gasteiger partial charge on any atom is 0.417 e. The van der Waals surface area contributed by atoms with Crippen LogP contribution in [0.25, 0.3) is 0 Å². The molecule has 2 amide bonds. The lowest BCUT2D eigenvalue weighted by molar-refractivity contribution is -0.167. The first-order chi connectivity index (χ1) is 11.2. The molecule has 0 spiro atoms. The molecule has 1 aliphatic carbocycles. The minimum Gasteiger partial charge on any atom is -0.447 e. The molecule has 126 valence electrons. The van der Waals surface area contributed by atoms with Crippen LogP contribution in [0, 0.1) is 29.6 Å². The fraction of sp³-hybridized carbons (Fsp3) is 0.500. The van der Waals surface area contributed by atoms with Crippen LogP contribution in [-0.4, -0.2) is 40.6 Å². The van der Waals surface area contributed by atoms with E-state index >= 15 is 0 Å². The zero-order valence-electron chi connectivity index (χ0n) is 14.1. The molecule has 0 aromatic rings. The number of likely N-dealkylation sites (tertiary alicyclic amines) is 1. The van der Waals surface area contributed by atoms with E-state index in [0.29, 0.717) is 0 Å². The minimum absolute atomic E-state index is 0.257. The van der Waals surface area contributed by atoms with Crippen molar-refractivity contribution in [3.8, 4) is 23.7 Å². The predicted octanol–water partition coefficient (Wildman–Crippen LogP) is 1.65. The maximum absolute atomic E-state index is 12.4. The third-order valence-corrected chi connectivity index (χ3v) is 3.36. The van der Waals surface area contributed by atoms with Crippen LogP contribution >= 0.6 is 0 Å². The molecule has 1 heterocycles. The van der Waals surface area contributed by atoms with Crippen molar-refractivity contribution < 1.29 is 23.9 Å². The molecule has 0 N–H and O–H groups in total. The van der Waals surface area contributed by atoms with Gasteiger partial charge in [-0.25, -0.2) is 9.69 Å². The number of rotatable bonds is 1. The molecular weight excluding hydrogens is 310 g/mol. The minimum atomic E-state index is -0.915. The van der Waals surface area contributed by atoms with E-state index in [9.17, 15) is 14.4 Å². The van der Waals surface area contributed by atoms with Crippen LogP contribution < -0.4 is 0 Å². The molecule has 0 aromatic heterocycles. The van der Waals surface area contributed by atoms with E-state index in [-0.39, 0.29) is 6.42 Å². The second kappa shape index (κ2) is 6.80. The lowest BCUT2D eigenvalue weighted by atomic mass is 9.81. The number of ether oxygens (including phenoxy) is 2. The Morgan fingerprint density at radius 3 is 2.54 bits per heavy atom. The van der Waals surface area contributed by atoms with Gasteiger partial charge in [0, 0.05) is 13.3 Å². The number of carbonyl (C=O) groups is 3. The van der Waals surface area contributed by atoms with Gasteiger partial charge < -0.3 is 9.47 Å². The van der Waals surface area contributed by atoms with Gasteiger partial charge in [-0.1, -0.05) is 23.7 Å². The molecule has 24 heavy (non-hydrogen) atoms. The van der Waals surface area contributed by atoms with Gasteiger partial charge in [0.05, 0.1) is 5.92 Å². The largest absolute Gasteiger partial charge is 0.447 e. The van der Waals surface area contributed by atoms with Crippen LogP contribution in [0.4, 0.5) is 4.79 Å². The fourth-order valence-corrected chi connectivity index (χ4v) is 2.45. The van der Waals surface area contributed by atoms with Crippen LogP contribution in [-0.2, 0) is 19.1 Å². The highest BCUT2D eigenvalue weighted by Crippen LogP contribution is 2.34. The second-order valence-electron chi connectivity index (χ2n) is 6.46. The molecule has 1 aliphatic heterocycles. The smallest absolute Gasteiger partial charge is 0.417 e. The second-order valence-corrected chi connectivity index (χ2v) is 6.46. The van der Waals surface area contributed by atoms with Crippen molar-refractivity contribution in [1.29, 1.82) is 0 Å². The molecule has 3 atom stereocenters. The number of hydrogen-bond acceptors (Lipinski definition) is 5. The summed E-state index contributed by atoms with van der Waals surface area (Å²) in [6.07, 6.45) is 1.66. The summed E-state index contributed by atoms with van der Waals surface area (Å²) in [5, 5.41) is 0. The molecule has 1 fully saturated rings. The van der Waals surface area contributed by atoms with Crippen LogP contribution in [0.15, 0.2) is 12.2 Å². The summed E-state index contributed by atoms with van der Waals surface area (Å²) in [5.74, 6) is 9.62. The molecule has 0 saturated carbocycles. The van der Waals surface area contributed by atoms with Crippen molar-refractivity contribution in [2.45, 2.75) is 51.9 Å². The number of esters is 1. The van der Waals surface area contributed by atoms with Gasteiger partial charge in [0.15, 0.2) is 6.10 Å². The number of imide groups is 1. The highest BCUT2D eigenvalue weighted by molar-refractivity contribution is 6.00. The summed E-state index contributed by atoms with van der Waals surface area (Å²) in [5.41, 5.74) is -0.746. The Hall–Kier alpha value is -2.73. The first-order valence-electron chi connectivity index (χ1n) is 7.58. The Morgan fingerprint density at radius 1 is 1.25 bits per heavy atom. The topological polar surface area (TPSA) is 72.9 Å². The zero-order valence-corrected chi connectivity index (χ0v) is 14.1. The van der Waals surface area contributed by atoms with E-state index in [1.807, 2.05) is 0 Å². The van der Waals surface area contributed by atoms with Gasteiger partial charge in [0.2, 0.25) is 5.91 Å². The molecule has 0 unspecified atom stereocenters. The molecule has 2 aliphatic rings. The van der Waals surface area contributed by atoms with E-state index in [2.05, 4.69) is 23.7 Å². The van der Waals surface area contributed by atoms with Crippen molar-refractivity contribution in [2.24, 2.45) is 5.92 Å². The van der Waals surface area contributed by atoms with Gasteiger partial charge in [-0.15, -0.1) is 0 Å². The number of β-lactam (4-membered cyclic amide) rings is 1. The van der Waals surface area contributed by atoms with E-state index < -0.39 is 41.6 Å². The quantitative estimate of drug-likeness (QED) is 0.415. The lowest BCUT2D eigenvalue weighted by Gasteiger charge is -2.46. The first kappa shape index (κ1) is 17.6. The highest BCUT2D eigenvalue weighted by Gasteiger charge is 2.56. The molecule has 1 saturated heterocycles. The first-order valence-corrected chi connectivity index (χ1v) is 7.58. The van der Waals surface area contributed by atoms with Crippen molar-refractivity contribution in [3.63, 3.8) is 0 Å². The Labute approximate surface area is 141 Å². The predicted molar refractivity (Wildman–Crippen MR) is 85.2 cm³/mol. The standard InChI is InChI=1S/C18H19NO5/c1-12(20)23-14-11-9-7-5-6-8-10-13-15(14)19(16(13)21)17(22)24-18(2,3)4/h5,7,13-15H,10H2,1-4H3/b7-5-/t13-,14-,15+/m1/s1. The van der Waals surface area contributed by atoms with Crippen LogP contribution in [0.3, 0.4) is 0 Å². The number of nitrogens with zero attached hydrogens (tertiary/aromatic N) is 1. The lowest BCUT2D eigenvalue weighted by Crippen LogP contribution is -2.68. The summed E-state index contributed by atoms with van der Waals surface area (Å²) in [4.78, 5) is 37.1. The fourth-order valence-electron chi connectivity index (χ4n) is 2.45. The Balaban J connectivity index is 2.33. The maximum atomic E-state index is 12.4. The monoisotopic (exact) mass is 329 g/mol. The number of carbonyl (C=O) groups excluding carboxylic acids is 3. The highest BCUT2D eigenvalue weighted by atomic mass is 16.6. The van der Waals surface area contributed by atoms with E-state index in [1.54, 1.807) is 26.8 Å². The SMILES string of the molecule is CC(=O)O[C@@H]1C#C/C=C\C#CC[C@H]2C(=O)N(C(=O)OC(C)(C)C)[C@H]12. The van der Waals surface area contributed by atoms with Gasteiger partial charge in [-0.3, -0.25) is 9.59 Å². The van der Waals surface area contributed by atoms with E-state index in [1.165, 1.54) is 13.0 Å². The summed E-state index contributed by atoms with van der Waals surface area (Å²) in [7, 11) is 0. The molecule has 0 bridgehead atoms. The van der Waals surface area contributed by atoms with Gasteiger partial charge in [-0.2, -0.15) is 0 Å². The van der Waals surface area contributed by atoms with Crippen molar-refractivity contribution in [3.05, 3.63) is 12.2 Å². The molecule has 0 radical (unpaired) electrons. The average molecular weight is 329 g/mol.